The van der Waals surface area contributed by atoms with Crippen molar-refractivity contribution in [1.82, 2.24) is 5.32 Å². The maximum atomic E-state index is 11.8. The molecule has 0 saturated heterocycles. The van der Waals surface area contributed by atoms with E-state index in [9.17, 15) is 9.90 Å². The summed E-state index contributed by atoms with van der Waals surface area (Å²) in [4.78, 5) is 11.8. The smallest absolute Gasteiger partial charge is 0.220 e. The number of carbonyl (C=O) groups excluding carboxylic acids is 1. The highest BCUT2D eigenvalue weighted by Gasteiger charge is 2.32. The van der Waals surface area contributed by atoms with Crippen LogP contribution in [0.4, 0.5) is 0 Å². The molecule has 20 heavy (non-hydrogen) atoms. The van der Waals surface area contributed by atoms with E-state index in [1.54, 1.807) is 0 Å². The molecule has 0 unspecified atom stereocenters. The van der Waals surface area contributed by atoms with Gasteiger partial charge in [0.05, 0.1) is 6.10 Å². The molecule has 110 valence electrons. The Balaban J connectivity index is 1.66. The maximum absolute atomic E-state index is 11.8. The third-order valence-electron chi connectivity index (χ3n) is 3.97. The molecule has 3 N–H and O–H groups in total. The molecule has 1 aromatic rings. The zero-order valence-electron chi connectivity index (χ0n) is 11.7. The van der Waals surface area contributed by atoms with Gasteiger partial charge in [0.1, 0.15) is 0 Å². The number of hydrogen-bond donors (Lipinski definition) is 3. The minimum absolute atomic E-state index is 0.00590. The minimum atomic E-state index is -0.491. The van der Waals surface area contributed by atoms with Crippen LogP contribution in [0.15, 0.2) is 30.3 Å². The van der Waals surface area contributed by atoms with Gasteiger partial charge in [-0.3, -0.25) is 4.79 Å². The zero-order valence-corrected chi connectivity index (χ0v) is 11.7. The standard InChI is InChI=1S/C16H23NO3/c18-11-13-9-14(10-15(13)19)17-16(20)8-4-7-12-5-2-1-3-6-12/h1-3,5-6,13-15,18-19H,4,7-11H2,(H,17,20)/t13-,14+,15+/m0/s1. The maximum Gasteiger partial charge on any atom is 0.220 e. The molecule has 4 nitrogen and oxygen atoms in total. The average molecular weight is 277 g/mol. The number of hydrogen-bond acceptors (Lipinski definition) is 3. The molecular formula is C16H23NO3. The Morgan fingerprint density at radius 2 is 2.00 bits per heavy atom. The number of aliphatic hydroxyl groups excluding tert-OH is 2. The molecule has 0 aliphatic heterocycles. The van der Waals surface area contributed by atoms with E-state index < -0.39 is 6.10 Å². The molecule has 0 bridgehead atoms. The van der Waals surface area contributed by atoms with Crippen molar-refractivity contribution < 1.29 is 15.0 Å². The van der Waals surface area contributed by atoms with E-state index in [1.807, 2.05) is 18.2 Å². The molecule has 0 radical (unpaired) electrons. The van der Waals surface area contributed by atoms with Gasteiger partial charge in [-0.25, -0.2) is 0 Å². The number of aryl methyl sites for hydroxylation is 1. The average Bonchev–Trinajstić information content (AvgIpc) is 2.80. The minimum Gasteiger partial charge on any atom is -0.396 e. The summed E-state index contributed by atoms with van der Waals surface area (Å²) in [6.07, 6.45) is 2.97. The van der Waals surface area contributed by atoms with Crippen LogP contribution in [0.1, 0.15) is 31.2 Å². The summed E-state index contributed by atoms with van der Waals surface area (Å²) in [7, 11) is 0. The van der Waals surface area contributed by atoms with Crippen molar-refractivity contribution in [2.45, 2.75) is 44.2 Å². The number of carbonyl (C=O) groups is 1. The van der Waals surface area contributed by atoms with E-state index in [0.29, 0.717) is 19.3 Å². The lowest BCUT2D eigenvalue weighted by Crippen LogP contribution is -2.33. The third kappa shape index (κ3) is 4.32. The van der Waals surface area contributed by atoms with Crippen LogP contribution in [-0.2, 0) is 11.2 Å². The van der Waals surface area contributed by atoms with Gasteiger partial charge in [-0.1, -0.05) is 30.3 Å². The molecule has 2 rings (SSSR count). The third-order valence-corrected chi connectivity index (χ3v) is 3.97. The lowest BCUT2D eigenvalue weighted by atomic mass is 10.1. The zero-order chi connectivity index (χ0) is 14.4. The summed E-state index contributed by atoms with van der Waals surface area (Å²) < 4.78 is 0. The molecule has 3 atom stereocenters. The lowest BCUT2D eigenvalue weighted by Gasteiger charge is -2.12. The van der Waals surface area contributed by atoms with Gasteiger partial charge < -0.3 is 15.5 Å². The number of benzene rings is 1. The highest BCUT2D eigenvalue weighted by Crippen LogP contribution is 2.25. The predicted octanol–water partition coefficient (Wildman–Crippen LogP) is 1.26. The Bertz CT molecular complexity index is 421. The van der Waals surface area contributed by atoms with Gasteiger partial charge >= 0.3 is 0 Å². The number of aliphatic hydroxyl groups is 2. The molecule has 1 aromatic carbocycles. The van der Waals surface area contributed by atoms with Crippen molar-refractivity contribution in [3.63, 3.8) is 0 Å². The largest absolute Gasteiger partial charge is 0.396 e. The van der Waals surface area contributed by atoms with Gasteiger partial charge in [-0.2, -0.15) is 0 Å². The van der Waals surface area contributed by atoms with E-state index in [1.165, 1.54) is 5.56 Å². The monoisotopic (exact) mass is 277 g/mol. The molecule has 1 aliphatic carbocycles. The summed E-state index contributed by atoms with van der Waals surface area (Å²) in [5.74, 6) is -0.0543. The van der Waals surface area contributed by atoms with Crippen LogP contribution in [0, 0.1) is 5.92 Å². The van der Waals surface area contributed by atoms with Crippen molar-refractivity contribution in [1.29, 1.82) is 0 Å². The van der Waals surface area contributed by atoms with Crippen LogP contribution in [0.25, 0.3) is 0 Å². The van der Waals surface area contributed by atoms with Crippen LogP contribution in [0.5, 0.6) is 0 Å². The van der Waals surface area contributed by atoms with Crippen LogP contribution in [0.3, 0.4) is 0 Å². The normalized spacial score (nSPS) is 25.6. The summed E-state index contributed by atoms with van der Waals surface area (Å²) in [5, 5.41) is 21.7. The first kappa shape index (κ1) is 15.0. The van der Waals surface area contributed by atoms with Crippen molar-refractivity contribution in [2.24, 2.45) is 5.92 Å². The Labute approximate surface area is 119 Å². The summed E-state index contributed by atoms with van der Waals surface area (Å²) in [6.45, 7) is -0.0124. The quantitative estimate of drug-likeness (QED) is 0.733. The van der Waals surface area contributed by atoms with E-state index >= 15 is 0 Å². The molecule has 1 aliphatic rings. The summed E-state index contributed by atoms with van der Waals surface area (Å²) in [5.41, 5.74) is 1.25. The molecular weight excluding hydrogens is 254 g/mol. The van der Waals surface area contributed by atoms with E-state index in [-0.39, 0.29) is 24.5 Å². The van der Waals surface area contributed by atoms with Crippen molar-refractivity contribution in [3.05, 3.63) is 35.9 Å². The van der Waals surface area contributed by atoms with Crippen LogP contribution >= 0.6 is 0 Å². The van der Waals surface area contributed by atoms with Gasteiger partial charge in [-0.05, 0) is 31.2 Å². The van der Waals surface area contributed by atoms with Crippen LogP contribution in [-0.4, -0.2) is 34.9 Å². The lowest BCUT2D eigenvalue weighted by molar-refractivity contribution is -0.121. The SMILES string of the molecule is O=C(CCCc1ccccc1)N[C@@H]1C[C@@H](CO)[C@H](O)C1. The first-order valence-electron chi connectivity index (χ1n) is 7.31. The van der Waals surface area contributed by atoms with E-state index in [4.69, 9.17) is 5.11 Å². The Kier molecular flexibility index (Phi) is 5.56. The summed E-state index contributed by atoms with van der Waals surface area (Å²) in [6, 6.07) is 10.1. The Morgan fingerprint density at radius 3 is 2.65 bits per heavy atom. The van der Waals surface area contributed by atoms with E-state index in [2.05, 4.69) is 17.4 Å². The Morgan fingerprint density at radius 1 is 1.25 bits per heavy atom. The van der Waals surface area contributed by atoms with Gasteiger partial charge in [-0.15, -0.1) is 0 Å². The molecule has 1 fully saturated rings. The predicted molar refractivity (Wildman–Crippen MR) is 77.1 cm³/mol. The molecule has 0 aromatic heterocycles. The fourth-order valence-corrected chi connectivity index (χ4v) is 2.81. The fraction of sp³-hybridized carbons (Fsp3) is 0.562. The fourth-order valence-electron chi connectivity index (χ4n) is 2.81. The molecule has 1 amide bonds. The second kappa shape index (κ2) is 7.41. The van der Waals surface area contributed by atoms with E-state index in [0.717, 1.165) is 12.8 Å². The van der Waals surface area contributed by atoms with Crippen LogP contribution < -0.4 is 5.32 Å². The second-order valence-corrected chi connectivity index (χ2v) is 5.58. The molecule has 1 saturated carbocycles. The highest BCUT2D eigenvalue weighted by atomic mass is 16.3. The summed E-state index contributed by atoms with van der Waals surface area (Å²) >= 11 is 0. The molecule has 0 spiro atoms. The first-order chi connectivity index (χ1) is 9.69. The molecule has 0 heterocycles. The van der Waals surface area contributed by atoms with Gasteiger partial charge in [0.15, 0.2) is 0 Å². The van der Waals surface area contributed by atoms with Crippen molar-refractivity contribution in [2.75, 3.05) is 6.61 Å². The van der Waals surface area contributed by atoms with Gasteiger partial charge in [0.25, 0.3) is 0 Å². The highest BCUT2D eigenvalue weighted by molar-refractivity contribution is 5.76. The van der Waals surface area contributed by atoms with Gasteiger partial charge in [0, 0.05) is 25.0 Å². The second-order valence-electron chi connectivity index (χ2n) is 5.58. The topological polar surface area (TPSA) is 69.6 Å². The Hall–Kier alpha value is -1.39. The van der Waals surface area contributed by atoms with Crippen molar-refractivity contribution >= 4 is 5.91 Å². The van der Waals surface area contributed by atoms with Gasteiger partial charge in [0.2, 0.25) is 5.91 Å². The number of nitrogens with one attached hydrogen (secondary N) is 1. The molecule has 4 heteroatoms. The number of amides is 1. The first-order valence-corrected chi connectivity index (χ1v) is 7.31. The number of rotatable bonds is 6. The van der Waals surface area contributed by atoms with Crippen molar-refractivity contribution in [3.8, 4) is 0 Å². The van der Waals surface area contributed by atoms with Crippen LogP contribution in [0.2, 0.25) is 0 Å².